The SMILES string of the molecule is CC[C@H](C)[C@H](N)C(=O)N[C@@H](CCSC)C(=O)N[C@H](C(=O)N[C@@H](CCSC)C(=O)N[C@@H](CCC(=O)O)C(=O)NCC(=O)NCC(=O)NCC(=O)N[C@@H](CS)C(=O)O)[C@@H](C)CC. The highest BCUT2D eigenvalue weighted by Crippen LogP contribution is 2.13. The second kappa shape index (κ2) is 30.7. The van der Waals surface area contributed by atoms with Crippen LogP contribution < -0.4 is 48.3 Å². The van der Waals surface area contributed by atoms with Crippen LogP contribution in [-0.2, 0) is 47.9 Å². The minimum absolute atomic E-state index is 0.0779. The van der Waals surface area contributed by atoms with Gasteiger partial charge in [0.15, 0.2) is 0 Å². The molecule has 21 nitrogen and oxygen atoms in total. The van der Waals surface area contributed by atoms with Crippen molar-refractivity contribution in [3.8, 4) is 0 Å². The van der Waals surface area contributed by atoms with Gasteiger partial charge in [0.2, 0.25) is 47.3 Å². The number of amides is 8. The number of carbonyl (C=O) groups is 10. The molecule has 0 saturated heterocycles. The van der Waals surface area contributed by atoms with Gasteiger partial charge in [-0.15, -0.1) is 0 Å². The van der Waals surface area contributed by atoms with Crippen LogP contribution in [0.2, 0.25) is 0 Å². The van der Waals surface area contributed by atoms with E-state index in [-0.39, 0.29) is 24.5 Å². The summed E-state index contributed by atoms with van der Waals surface area (Å²) < 4.78 is 0. The van der Waals surface area contributed by atoms with E-state index >= 15 is 0 Å². The lowest BCUT2D eigenvalue weighted by molar-refractivity contribution is -0.141. The first kappa shape index (κ1) is 55.7. The first-order chi connectivity index (χ1) is 28.3. The van der Waals surface area contributed by atoms with Gasteiger partial charge < -0.3 is 58.5 Å². The minimum atomic E-state index is -1.48. The Kier molecular flexibility index (Phi) is 28.5. The molecule has 0 saturated carbocycles. The van der Waals surface area contributed by atoms with Crippen molar-refractivity contribution in [3.05, 3.63) is 0 Å². The topological polar surface area (TPSA) is 333 Å². The maximum atomic E-state index is 13.8. The summed E-state index contributed by atoms with van der Waals surface area (Å²) in [4.78, 5) is 126. The number of carboxylic acids is 2. The fraction of sp³-hybridized carbons (Fsp3) is 0.722. The van der Waals surface area contributed by atoms with E-state index in [1.54, 1.807) is 20.1 Å². The van der Waals surface area contributed by atoms with E-state index in [2.05, 4.69) is 55.2 Å². The third kappa shape index (κ3) is 22.4. The van der Waals surface area contributed by atoms with E-state index < -0.39 is 134 Å². The van der Waals surface area contributed by atoms with Crippen molar-refractivity contribution in [2.75, 3.05) is 49.4 Å². The number of thioether (sulfide) groups is 2. The number of thiol groups is 1. The summed E-state index contributed by atoms with van der Waals surface area (Å²) in [5, 5.41) is 37.7. The van der Waals surface area contributed by atoms with E-state index in [4.69, 9.17) is 10.8 Å². The van der Waals surface area contributed by atoms with Gasteiger partial charge in [0.25, 0.3) is 0 Å². The Hall–Kier alpha value is -4.29. The fourth-order valence-corrected chi connectivity index (χ4v) is 6.21. The molecule has 0 spiro atoms. The molecule has 0 fully saturated rings. The molecular weight excluding hydrogens is 847 g/mol. The average molecular weight is 910 g/mol. The fourth-order valence-electron chi connectivity index (χ4n) is 5.02. The Labute approximate surface area is 364 Å². The number of rotatable bonds is 31. The van der Waals surface area contributed by atoms with Crippen LogP contribution in [0.15, 0.2) is 0 Å². The summed E-state index contributed by atoms with van der Waals surface area (Å²) in [7, 11) is 0. The number of aliphatic carboxylic acids is 2. The van der Waals surface area contributed by atoms with Crippen molar-refractivity contribution < 1.29 is 58.2 Å². The summed E-state index contributed by atoms with van der Waals surface area (Å²) in [6, 6.07) is -6.99. The molecule has 0 aliphatic carbocycles. The summed E-state index contributed by atoms with van der Waals surface area (Å²) in [5.41, 5.74) is 6.10. The van der Waals surface area contributed by atoms with Crippen molar-refractivity contribution in [1.29, 1.82) is 0 Å². The molecular formula is C36H63N9O12S3. The van der Waals surface area contributed by atoms with Gasteiger partial charge in [-0.2, -0.15) is 36.2 Å². The molecule has 24 heteroatoms. The van der Waals surface area contributed by atoms with Crippen LogP contribution in [0.3, 0.4) is 0 Å². The highest BCUT2D eigenvalue weighted by molar-refractivity contribution is 7.98. The lowest BCUT2D eigenvalue weighted by Gasteiger charge is -2.29. The van der Waals surface area contributed by atoms with Gasteiger partial charge in [0, 0.05) is 12.2 Å². The molecule has 0 radical (unpaired) electrons. The lowest BCUT2D eigenvalue weighted by atomic mass is 9.96. The lowest BCUT2D eigenvalue weighted by Crippen LogP contribution is -2.60. The molecule has 0 rings (SSSR count). The second-order valence-corrected chi connectivity index (χ2v) is 16.2. The maximum Gasteiger partial charge on any atom is 0.327 e. The van der Waals surface area contributed by atoms with Crippen LogP contribution in [0, 0.1) is 11.8 Å². The molecule has 8 amide bonds. The predicted octanol–water partition coefficient (Wildman–Crippen LogP) is -2.44. The zero-order chi connectivity index (χ0) is 45.9. The molecule has 8 atom stereocenters. The Morgan fingerprint density at radius 1 is 0.567 bits per heavy atom. The van der Waals surface area contributed by atoms with E-state index in [0.717, 1.165) is 0 Å². The van der Waals surface area contributed by atoms with Crippen molar-refractivity contribution in [1.82, 2.24) is 42.5 Å². The normalized spacial score (nSPS) is 14.9. The highest BCUT2D eigenvalue weighted by Gasteiger charge is 2.34. The molecule has 0 aromatic heterocycles. The van der Waals surface area contributed by atoms with Gasteiger partial charge in [-0.25, -0.2) is 4.79 Å². The monoisotopic (exact) mass is 909 g/mol. The summed E-state index contributed by atoms with van der Waals surface area (Å²) in [6.07, 6.45) is 4.08. The molecule has 12 N–H and O–H groups in total. The van der Waals surface area contributed by atoms with Crippen LogP contribution >= 0.6 is 36.2 Å². The number of hydrogen-bond acceptors (Lipinski definition) is 14. The molecule has 0 aromatic carbocycles. The van der Waals surface area contributed by atoms with Crippen LogP contribution in [0.1, 0.15) is 66.2 Å². The predicted molar refractivity (Wildman–Crippen MR) is 230 cm³/mol. The highest BCUT2D eigenvalue weighted by atomic mass is 32.2. The van der Waals surface area contributed by atoms with Crippen LogP contribution in [0.25, 0.3) is 0 Å². The van der Waals surface area contributed by atoms with Crippen molar-refractivity contribution in [2.45, 2.75) is 102 Å². The third-order valence-electron chi connectivity index (χ3n) is 9.25. The van der Waals surface area contributed by atoms with Crippen molar-refractivity contribution in [2.24, 2.45) is 17.6 Å². The standard InChI is InChI=1S/C36H63N9O12S3/c1-7-19(3)29(37)34(54)43-23(12-14-60-6)33(53)45-30(20(4)8-2)35(55)44-22(11-13-59-5)32(52)42-21(9-10-28(49)50)31(51)40-16-26(47)38-15-25(46)39-17-27(48)41-24(18-58)36(56)57/h19-24,29-30,58H,7-18,37H2,1-6H3,(H,38,47)(H,39,46)(H,40,51)(H,41,48)(H,42,52)(H,43,54)(H,44,55)(H,45,53)(H,49,50)(H,56,57)/t19-,20-,21-,22-,23-,24-,29-,30-/m0/s1. The molecule has 0 heterocycles. The first-order valence-corrected chi connectivity index (χ1v) is 22.8. The maximum absolute atomic E-state index is 13.8. The molecule has 0 aromatic rings. The molecule has 0 bridgehead atoms. The zero-order valence-corrected chi connectivity index (χ0v) is 37.4. The van der Waals surface area contributed by atoms with Gasteiger partial charge >= 0.3 is 11.9 Å². The Morgan fingerprint density at radius 2 is 1.02 bits per heavy atom. The average Bonchev–Trinajstić information content (AvgIpc) is 3.22. The molecule has 0 aliphatic heterocycles. The number of hydrogen-bond donors (Lipinski definition) is 12. The van der Waals surface area contributed by atoms with Gasteiger partial charge in [-0.05, 0) is 55.1 Å². The van der Waals surface area contributed by atoms with Crippen LogP contribution in [0.5, 0.6) is 0 Å². The largest absolute Gasteiger partial charge is 0.481 e. The summed E-state index contributed by atoms with van der Waals surface area (Å²) in [5.74, 6) is -8.56. The zero-order valence-electron chi connectivity index (χ0n) is 34.9. The van der Waals surface area contributed by atoms with Crippen molar-refractivity contribution >= 4 is 95.3 Å². The summed E-state index contributed by atoms with van der Waals surface area (Å²) in [6.45, 7) is 5.34. The number of carbonyl (C=O) groups excluding carboxylic acids is 8. The second-order valence-electron chi connectivity index (χ2n) is 13.9. The quantitative estimate of drug-likeness (QED) is 0.0322. The molecule has 0 aliphatic rings. The number of nitrogens with two attached hydrogens (primary N) is 1. The third-order valence-corrected chi connectivity index (χ3v) is 10.9. The molecule has 0 unspecified atom stereocenters. The van der Waals surface area contributed by atoms with Crippen LogP contribution in [0.4, 0.5) is 0 Å². The van der Waals surface area contributed by atoms with Gasteiger partial charge in [-0.1, -0.05) is 40.5 Å². The van der Waals surface area contributed by atoms with Crippen LogP contribution in [-0.4, -0.2) is 155 Å². The van der Waals surface area contributed by atoms with Crippen molar-refractivity contribution in [3.63, 3.8) is 0 Å². The number of carboxylic acid groups (broad SMARTS) is 2. The van der Waals surface area contributed by atoms with E-state index in [0.29, 0.717) is 24.3 Å². The molecule has 342 valence electrons. The van der Waals surface area contributed by atoms with E-state index in [1.165, 1.54) is 23.5 Å². The van der Waals surface area contributed by atoms with Gasteiger partial charge in [-0.3, -0.25) is 43.2 Å². The Bertz CT molecular complexity index is 1480. The minimum Gasteiger partial charge on any atom is -0.481 e. The van der Waals surface area contributed by atoms with E-state index in [9.17, 15) is 53.1 Å². The van der Waals surface area contributed by atoms with Gasteiger partial charge in [0.1, 0.15) is 30.2 Å². The first-order valence-electron chi connectivity index (χ1n) is 19.4. The van der Waals surface area contributed by atoms with Gasteiger partial charge in [0.05, 0.1) is 25.7 Å². The Morgan fingerprint density at radius 3 is 1.48 bits per heavy atom. The van der Waals surface area contributed by atoms with E-state index in [1.807, 2.05) is 20.1 Å². The molecule has 60 heavy (non-hydrogen) atoms. The summed E-state index contributed by atoms with van der Waals surface area (Å²) >= 11 is 6.65. The number of nitrogens with one attached hydrogen (secondary N) is 8. The smallest absolute Gasteiger partial charge is 0.327 e. The Balaban J connectivity index is 5.82.